The van der Waals surface area contributed by atoms with Gasteiger partial charge in [-0.15, -0.1) is 0 Å². The van der Waals surface area contributed by atoms with Crippen LogP contribution in [-0.2, 0) is 11.3 Å². The summed E-state index contributed by atoms with van der Waals surface area (Å²) >= 11 is 6.05. The van der Waals surface area contributed by atoms with Gasteiger partial charge in [-0.3, -0.25) is 4.79 Å². The van der Waals surface area contributed by atoms with Crippen LogP contribution in [0.2, 0.25) is 5.02 Å². The summed E-state index contributed by atoms with van der Waals surface area (Å²) < 4.78 is 5.62. The van der Waals surface area contributed by atoms with E-state index in [-0.39, 0.29) is 5.91 Å². The van der Waals surface area contributed by atoms with E-state index in [0.717, 1.165) is 24.5 Å². The number of rotatable bonds is 6. The van der Waals surface area contributed by atoms with E-state index in [4.69, 9.17) is 16.3 Å². The first-order valence-electron chi connectivity index (χ1n) is 8.52. The number of ether oxygens (including phenoxy) is 1. The Kier molecular flexibility index (Phi) is 5.76. The molecular weight excluding hydrogens is 338 g/mol. The third kappa shape index (κ3) is 4.63. The molecule has 2 aromatic rings. The quantitative estimate of drug-likeness (QED) is 0.858. The Morgan fingerprint density at radius 2 is 2.04 bits per heavy atom. The molecule has 0 aliphatic carbocycles. The van der Waals surface area contributed by atoms with Crippen molar-refractivity contribution in [3.8, 4) is 5.75 Å². The second-order valence-corrected chi connectivity index (χ2v) is 6.53. The molecule has 1 amide bonds. The number of anilines is 1. The second kappa shape index (κ2) is 8.21. The van der Waals surface area contributed by atoms with Gasteiger partial charge < -0.3 is 15.0 Å². The second-order valence-electron chi connectivity index (χ2n) is 6.13. The topological polar surface area (TPSA) is 54.5 Å². The molecule has 0 spiro atoms. The van der Waals surface area contributed by atoms with E-state index in [1.54, 1.807) is 19.1 Å². The molecule has 1 fully saturated rings. The molecule has 1 aliphatic rings. The molecule has 1 aromatic carbocycles. The zero-order chi connectivity index (χ0) is 17.6. The van der Waals surface area contributed by atoms with Crippen LogP contribution in [0.25, 0.3) is 0 Å². The van der Waals surface area contributed by atoms with Gasteiger partial charge in [-0.25, -0.2) is 4.98 Å². The van der Waals surface area contributed by atoms with Gasteiger partial charge >= 0.3 is 0 Å². The summed E-state index contributed by atoms with van der Waals surface area (Å²) in [6.07, 6.45) is 3.64. The molecule has 3 rings (SSSR count). The molecule has 0 radical (unpaired) electrons. The summed E-state index contributed by atoms with van der Waals surface area (Å²) in [6.45, 7) is 4.26. The first kappa shape index (κ1) is 17.5. The van der Waals surface area contributed by atoms with Crippen molar-refractivity contribution in [2.24, 2.45) is 0 Å². The molecule has 6 heteroatoms. The molecule has 1 aliphatic heterocycles. The monoisotopic (exact) mass is 359 g/mol. The number of halogens is 1. The number of amides is 1. The van der Waals surface area contributed by atoms with Gasteiger partial charge in [0.2, 0.25) is 0 Å². The lowest BCUT2D eigenvalue weighted by Crippen LogP contribution is -2.36. The average Bonchev–Trinajstić information content (AvgIpc) is 3.16. The summed E-state index contributed by atoms with van der Waals surface area (Å²) in [5, 5.41) is 3.36. The molecule has 1 saturated heterocycles. The number of benzene rings is 1. The lowest BCUT2D eigenvalue weighted by molar-refractivity contribution is -0.127. The number of hydrogen-bond acceptors (Lipinski definition) is 4. The van der Waals surface area contributed by atoms with Crippen molar-refractivity contribution in [1.29, 1.82) is 0 Å². The Morgan fingerprint density at radius 3 is 2.72 bits per heavy atom. The average molecular weight is 360 g/mol. The van der Waals surface area contributed by atoms with Gasteiger partial charge in [0.25, 0.3) is 5.91 Å². The molecule has 25 heavy (non-hydrogen) atoms. The fourth-order valence-corrected chi connectivity index (χ4v) is 2.95. The highest BCUT2D eigenvalue weighted by atomic mass is 35.5. The molecular formula is C19H22ClN3O2. The van der Waals surface area contributed by atoms with Crippen LogP contribution in [0.3, 0.4) is 0 Å². The van der Waals surface area contributed by atoms with Crippen LogP contribution in [0, 0.1) is 0 Å². The molecule has 1 aromatic heterocycles. The molecule has 2 heterocycles. The van der Waals surface area contributed by atoms with Gasteiger partial charge in [-0.2, -0.15) is 0 Å². The van der Waals surface area contributed by atoms with Gasteiger partial charge in [0.15, 0.2) is 6.10 Å². The minimum Gasteiger partial charge on any atom is -0.479 e. The van der Waals surface area contributed by atoms with Crippen LogP contribution in [0.4, 0.5) is 5.82 Å². The van der Waals surface area contributed by atoms with Crippen LogP contribution in [-0.4, -0.2) is 30.1 Å². The van der Waals surface area contributed by atoms with Crippen LogP contribution in [0.5, 0.6) is 5.75 Å². The van der Waals surface area contributed by atoms with Crippen LogP contribution in [0.15, 0.2) is 42.6 Å². The molecule has 132 valence electrons. The predicted molar refractivity (Wildman–Crippen MR) is 99.1 cm³/mol. The maximum Gasteiger partial charge on any atom is 0.261 e. The van der Waals surface area contributed by atoms with Crippen molar-refractivity contribution in [1.82, 2.24) is 10.3 Å². The van der Waals surface area contributed by atoms with Gasteiger partial charge in [-0.1, -0.05) is 29.8 Å². The molecule has 5 nitrogen and oxygen atoms in total. The molecule has 0 saturated carbocycles. The van der Waals surface area contributed by atoms with Crippen molar-refractivity contribution in [2.75, 3.05) is 18.0 Å². The summed E-state index contributed by atoms with van der Waals surface area (Å²) in [6, 6.07) is 11.1. The third-order valence-corrected chi connectivity index (χ3v) is 4.53. The standard InChI is InChI=1S/C19H22ClN3O2/c1-14(25-17-7-3-2-6-16(17)20)19(24)22-13-15-8-9-18(21-12-15)23-10-4-5-11-23/h2-3,6-9,12,14H,4-5,10-11,13H2,1H3,(H,22,24). The Bertz CT molecular complexity index is 715. The maximum absolute atomic E-state index is 12.2. The highest BCUT2D eigenvalue weighted by molar-refractivity contribution is 6.32. The van der Waals surface area contributed by atoms with Crippen molar-refractivity contribution in [3.63, 3.8) is 0 Å². The van der Waals surface area contributed by atoms with E-state index in [9.17, 15) is 4.79 Å². The largest absolute Gasteiger partial charge is 0.479 e. The zero-order valence-electron chi connectivity index (χ0n) is 14.2. The molecule has 1 unspecified atom stereocenters. The summed E-state index contributed by atoms with van der Waals surface area (Å²) in [7, 11) is 0. The van der Waals surface area contributed by atoms with Crippen LogP contribution >= 0.6 is 11.6 Å². The predicted octanol–water partition coefficient (Wildman–Crippen LogP) is 3.42. The van der Waals surface area contributed by atoms with Gasteiger partial charge in [-0.05, 0) is 43.5 Å². The minimum absolute atomic E-state index is 0.191. The number of aromatic nitrogens is 1. The van der Waals surface area contributed by atoms with Gasteiger partial charge in [0, 0.05) is 25.8 Å². The molecule has 0 bridgehead atoms. The van der Waals surface area contributed by atoms with E-state index >= 15 is 0 Å². The van der Waals surface area contributed by atoms with Crippen LogP contribution in [0.1, 0.15) is 25.3 Å². The van der Waals surface area contributed by atoms with E-state index < -0.39 is 6.10 Å². The number of pyridine rings is 1. The Morgan fingerprint density at radius 1 is 1.28 bits per heavy atom. The Labute approximate surface area is 153 Å². The molecule has 1 atom stereocenters. The Balaban J connectivity index is 1.50. The van der Waals surface area contributed by atoms with E-state index in [2.05, 4.69) is 15.2 Å². The lowest BCUT2D eigenvalue weighted by atomic mass is 10.2. The number of nitrogens with zero attached hydrogens (tertiary/aromatic N) is 2. The number of carbonyl (C=O) groups is 1. The minimum atomic E-state index is -0.628. The maximum atomic E-state index is 12.2. The Hall–Kier alpha value is -2.27. The number of nitrogens with one attached hydrogen (secondary N) is 1. The van der Waals surface area contributed by atoms with Crippen molar-refractivity contribution < 1.29 is 9.53 Å². The summed E-state index contributed by atoms with van der Waals surface area (Å²) in [5.41, 5.74) is 0.959. The first-order chi connectivity index (χ1) is 12.1. The fourth-order valence-electron chi connectivity index (χ4n) is 2.77. The highest BCUT2D eigenvalue weighted by Crippen LogP contribution is 2.24. The number of carbonyl (C=O) groups excluding carboxylic acids is 1. The summed E-state index contributed by atoms with van der Waals surface area (Å²) in [4.78, 5) is 19.0. The van der Waals surface area contributed by atoms with Crippen molar-refractivity contribution in [3.05, 3.63) is 53.2 Å². The van der Waals surface area contributed by atoms with Crippen molar-refractivity contribution in [2.45, 2.75) is 32.4 Å². The smallest absolute Gasteiger partial charge is 0.261 e. The lowest BCUT2D eigenvalue weighted by Gasteiger charge is -2.17. The normalized spacial score (nSPS) is 15.0. The van der Waals surface area contributed by atoms with E-state index in [1.165, 1.54) is 12.8 Å². The molecule has 1 N–H and O–H groups in total. The number of para-hydroxylation sites is 1. The third-order valence-electron chi connectivity index (χ3n) is 4.22. The van der Waals surface area contributed by atoms with Crippen molar-refractivity contribution >= 4 is 23.3 Å². The number of hydrogen-bond donors (Lipinski definition) is 1. The highest BCUT2D eigenvalue weighted by Gasteiger charge is 2.16. The fraction of sp³-hybridized carbons (Fsp3) is 0.368. The zero-order valence-corrected chi connectivity index (χ0v) is 15.0. The van der Waals surface area contributed by atoms with Gasteiger partial charge in [0.05, 0.1) is 5.02 Å². The van der Waals surface area contributed by atoms with Gasteiger partial charge in [0.1, 0.15) is 11.6 Å². The van der Waals surface area contributed by atoms with E-state index in [0.29, 0.717) is 17.3 Å². The first-order valence-corrected chi connectivity index (χ1v) is 8.90. The SMILES string of the molecule is CC(Oc1ccccc1Cl)C(=O)NCc1ccc(N2CCCC2)nc1. The summed E-state index contributed by atoms with van der Waals surface area (Å²) in [5.74, 6) is 1.31. The van der Waals surface area contributed by atoms with Crippen LogP contribution < -0.4 is 15.0 Å². The van der Waals surface area contributed by atoms with E-state index in [1.807, 2.05) is 30.5 Å².